The number of urea groups is 1. The molecule has 2 aromatic rings. The van der Waals surface area contributed by atoms with Gasteiger partial charge in [-0.05, 0) is 19.8 Å². The van der Waals surface area contributed by atoms with Gasteiger partial charge in [-0.1, -0.05) is 25.9 Å². The minimum Gasteiger partial charge on any atom is -0.337 e. The van der Waals surface area contributed by atoms with Crippen LogP contribution in [0.5, 0.6) is 0 Å². The molecular weight excluding hydrogens is 320 g/mol. The van der Waals surface area contributed by atoms with E-state index in [-0.39, 0.29) is 23.5 Å². The highest BCUT2D eigenvalue weighted by Gasteiger charge is 2.31. The summed E-state index contributed by atoms with van der Waals surface area (Å²) in [6.45, 7) is 9.45. The molecule has 136 valence electrons. The molecule has 1 saturated heterocycles. The van der Waals surface area contributed by atoms with Gasteiger partial charge in [-0.2, -0.15) is 4.98 Å². The van der Waals surface area contributed by atoms with Gasteiger partial charge < -0.3 is 19.3 Å². The first kappa shape index (κ1) is 17.4. The molecule has 8 heteroatoms. The Morgan fingerprint density at radius 2 is 2.28 bits per heavy atom. The Hall–Kier alpha value is -2.38. The van der Waals surface area contributed by atoms with Crippen molar-refractivity contribution >= 4 is 6.03 Å². The van der Waals surface area contributed by atoms with Crippen LogP contribution in [-0.4, -0.2) is 43.2 Å². The van der Waals surface area contributed by atoms with E-state index in [1.54, 1.807) is 12.5 Å². The second kappa shape index (κ2) is 6.85. The second-order valence-corrected chi connectivity index (χ2v) is 7.63. The Labute approximate surface area is 147 Å². The molecular formula is C17H26N6O2. The molecule has 1 aliphatic heterocycles. The molecule has 0 radical (unpaired) electrons. The van der Waals surface area contributed by atoms with Crippen LogP contribution in [0.25, 0.3) is 0 Å². The number of carbonyl (C=O) groups excluding carboxylic acids is 1. The number of hydrogen-bond donors (Lipinski definition) is 1. The van der Waals surface area contributed by atoms with Crippen molar-refractivity contribution in [3.05, 3.63) is 30.4 Å². The summed E-state index contributed by atoms with van der Waals surface area (Å²) in [5.41, 5.74) is -0.184. The van der Waals surface area contributed by atoms with Crippen molar-refractivity contribution in [3.63, 3.8) is 0 Å². The van der Waals surface area contributed by atoms with Crippen LogP contribution >= 0.6 is 0 Å². The van der Waals surface area contributed by atoms with Crippen LogP contribution in [0, 0.1) is 0 Å². The Morgan fingerprint density at radius 3 is 2.92 bits per heavy atom. The van der Waals surface area contributed by atoms with Gasteiger partial charge >= 0.3 is 6.03 Å². The first-order chi connectivity index (χ1) is 11.8. The zero-order chi connectivity index (χ0) is 18.0. The monoisotopic (exact) mass is 346 g/mol. The summed E-state index contributed by atoms with van der Waals surface area (Å²) >= 11 is 0. The number of carbonyl (C=O) groups is 1. The van der Waals surface area contributed by atoms with E-state index in [1.165, 1.54) is 0 Å². The number of likely N-dealkylation sites (tertiary alicyclic amines) is 1. The molecule has 1 N–H and O–H groups in total. The average Bonchev–Trinajstić information content (AvgIpc) is 3.28. The summed E-state index contributed by atoms with van der Waals surface area (Å²) in [6.07, 6.45) is 7.46. The van der Waals surface area contributed by atoms with E-state index in [1.807, 2.05) is 43.4 Å². The van der Waals surface area contributed by atoms with Gasteiger partial charge in [0, 0.05) is 30.9 Å². The van der Waals surface area contributed by atoms with Crippen molar-refractivity contribution < 1.29 is 9.32 Å². The SMILES string of the molecule is C[C@@H](NC(=O)N1CCC[C@@H]1Cn1ccnc1)c1nc(C(C)(C)C)no1. The summed E-state index contributed by atoms with van der Waals surface area (Å²) in [6, 6.07) is -0.245. The molecule has 0 spiro atoms. The Kier molecular flexibility index (Phi) is 4.78. The minimum atomic E-state index is -0.328. The lowest BCUT2D eigenvalue weighted by Gasteiger charge is -2.26. The van der Waals surface area contributed by atoms with E-state index in [0.29, 0.717) is 11.7 Å². The molecule has 2 atom stereocenters. The standard InChI is InChI=1S/C17H26N6O2/c1-12(14-20-15(21-25-14)17(2,3)4)19-16(24)23-8-5-6-13(23)10-22-9-7-18-11-22/h7,9,11-13H,5-6,8,10H2,1-4H3,(H,19,24)/t12-,13-/m1/s1. The smallest absolute Gasteiger partial charge is 0.318 e. The Bertz CT molecular complexity index is 703. The summed E-state index contributed by atoms with van der Waals surface area (Å²) in [7, 11) is 0. The predicted octanol–water partition coefficient (Wildman–Crippen LogP) is 2.50. The van der Waals surface area contributed by atoms with E-state index < -0.39 is 0 Å². The van der Waals surface area contributed by atoms with E-state index in [4.69, 9.17) is 4.52 Å². The zero-order valence-corrected chi connectivity index (χ0v) is 15.3. The number of hydrogen-bond acceptors (Lipinski definition) is 5. The zero-order valence-electron chi connectivity index (χ0n) is 15.3. The molecule has 1 aliphatic rings. The maximum absolute atomic E-state index is 12.7. The highest BCUT2D eigenvalue weighted by molar-refractivity contribution is 5.75. The van der Waals surface area contributed by atoms with Gasteiger partial charge in [0.2, 0.25) is 5.89 Å². The largest absolute Gasteiger partial charge is 0.337 e. The molecule has 1 fully saturated rings. The first-order valence-corrected chi connectivity index (χ1v) is 8.71. The molecule has 0 saturated carbocycles. The van der Waals surface area contributed by atoms with Gasteiger partial charge in [0.15, 0.2) is 5.82 Å². The molecule has 3 rings (SSSR count). The van der Waals surface area contributed by atoms with Crippen LogP contribution in [0.1, 0.15) is 58.3 Å². The van der Waals surface area contributed by atoms with Crippen LogP contribution in [0.4, 0.5) is 4.79 Å². The van der Waals surface area contributed by atoms with Crippen molar-refractivity contribution in [2.24, 2.45) is 0 Å². The molecule has 0 aliphatic carbocycles. The number of aromatic nitrogens is 4. The van der Waals surface area contributed by atoms with Crippen molar-refractivity contribution in [2.45, 2.75) is 64.6 Å². The van der Waals surface area contributed by atoms with Crippen LogP contribution in [0.3, 0.4) is 0 Å². The van der Waals surface area contributed by atoms with E-state index in [2.05, 4.69) is 20.4 Å². The number of amides is 2. The summed E-state index contributed by atoms with van der Waals surface area (Å²) in [5.74, 6) is 1.08. The number of nitrogens with one attached hydrogen (secondary N) is 1. The number of rotatable bonds is 4. The Balaban J connectivity index is 1.61. The van der Waals surface area contributed by atoms with E-state index in [9.17, 15) is 4.79 Å². The summed E-state index contributed by atoms with van der Waals surface area (Å²) in [4.78, 5) is 23.0. The molecule has 2 aromatic heterocycles. The second-order valence-electron chi connectivity index (χ2n) is 7.63. The predicted molar refractivity (Wildman–Crippen MR) is 91.9 cm³/mol. The lowest BCUT2D eigenvalue weighted by Crippen LogP contribution is -2.45. The number of imidazole rings is 1. The summed E-state index contributed by atoms with van der Waals surface area (Å²) in [5, 5.41) is 7.00. The third kappa shape index (κ3) is 4.00. The van der Waals surface area contributed by atoms with Crippen LogP contribution < -0.4 is 5.32 Å². The molecule has 0 aromatic carbocycles. The maximum atomic E-state index is 12.7. The van der Waals surface area contributed by atoms with Gasteiger partial charge in [-0.25, -0.2) is 9.78 Å². The van der Waals surface area contributed by atoms with Gasteiger partial charge in [0.1, 0.15) is 6.04 Å². The molecule has 2 amide bonds. The summed E-state index contributed by atoms with van der Waals surface area (Å²) < 4.78 is 7.33. The fourth-order valence-electron chi connectivity index (χ4n) is 2.98. The van der Waals surface area contributed by atoms with Gasteiger partial charge in [0.05, 0.1) is 12.4 Å². The minimum absolute atomic E-state index is 0.0920. The lowest BCUT2D eigenvalue weighted by atomic mass is 9.96. The Morgan fingerprint density at radius 1 is 1.48 bits per heavy atom. The fourth-order valence-corrected chi connectivity index (χ4v) is 2.98. The van der Waals surface area contributed by atoms with Crippen molar-refractivity contribution in [1.29, 1.82) is 0 Å². The third-order valence-corrected chi connectivity index (χ3v) is 4.44. The van der Waals surface area contributed by atoms with Crippen molar-refractivity contribution in [1.82, 2.24) is 29.9 Å². The average molecular weight is 346 g/mol. The topological polar surface area (TPSA) is 89.1 Å². The van der Waals surface area contributed by atoms with Crippen LogP contribution in [0.15, 0.2) is 23.2 Å². The lowest BCUT2D eigenvalue weighted by molar-refractivity contribution is 0.181. The molecule has 0 unspecified atom stereocenters. The highest BCUT2D eigenvalue weighted by atomic mass is 16.5. The van der Waals surface area contributed by atoms with Gasteiger partial charge in [-0.15, -0.1) is 0 Å². The molecule has 0 bridgehead atoms. The molecule has 8 nitrogen and oxygen atoms in total. The molecule has 3 heterocycles. The quantitative estimate of drug-likeness (QED) is 0.919. The normalized spacial score (nSPS) is 19.2. The maximum Gasteiger partial charge on any atom is 0.318 e. The van der Waals surface area contributed by atoms with Crippen molar-refractivity contribution in [2.75, 3.05) is 6.54 Å². The van der Waals surface area contributed by atoms with Crippen molar-refractivity contribution in [3.8, 4) is 0 Å². The van der Waals surface area contributed by atoms with Crippen LogP contribution in [-0.2, 0) is 12.0 Å². The third-order valence-electron chi connectivity index (χ3n) is 4.44. The van der Waals surface area contributed by atoms with Gasteiger partial charge in [-0.3, -0.25) is 0 Å². The van der Waals surface area contributed by atoms with Crippen LogP contribution in [0.2, 0.25) is 0 Å². The van der Waals surface area contributed by atoms with E-state index in [0.717, 1.165) is 25.9 Å². The van der Waals surface area contributed by atoms with E-state index >= 15 is 0 Å². The molecule has 25 heavy (non-hydrogen) atoms. The number of nitrogens with zero attached hydrogens (tertiary/aromatic N) is 5. The highest BCUT2D eigenvalue weighted by Crippen LogP contribution is 2.22. The first-order valence-electron chi connectivity index (χ1n) is 8.71. The van der Waals surface area contributed by atoms with Gasteiger partial charge in [0.25, 0.3) is 0 Å². The fraction of sp³-hybridized carbons (Fsp3) is 0.647.